The standard InChI is InChI=1S/C26H23Cl2N3O4/c1-14(2)29-26(34)31-22(32)13-35-25(33)23-17-5-3-4-6-21(17)30-24-16(8-9-18(23)24)11-15-7-10-19(27)20(28)12-15/h3-7,10-12,14H,8-9,13H2,1-2H3,(H2,29,31,32,34)/b16-11-. The third-order valence-corrected chi connectivity index (χ3v) is 6.18. The highest BCUT2D eigenvalue weighted by molar-refractivity contribution is 6.42. The number of hydrogen-bond acceptors (Lipinski definition) is 5. The van der Waals surface area contributed by atoms with Gasteiger partial charge in [-0.3, -0.25) is 10.1 Å². The van der Waals surface area contributed by atoms with Crippen LogP contribution >= 0.6 is 23.2 Å². The molecule has 4 rings (SSSR count). The number of benzene rings is 2. The van der Waals surface area contributed by atoms with E-state index >= 15 is 0 Å². The van der Waals surface area contributed by atoms with Crippen molar-refractivity contribution in [2.45, 2.75) is 32.7 Å². The van der Waals surface area contributed by atoms with Gasteiger partial charge in [0.1, 0.15) is 0 Å². The average molecular weight is 512 g/mol. The number of hydrogen-bond donors (Lipinski definition) is 2. The van der Waals surface area contributed by atoms with Gasteiger partial charge in [-0.05, 0) is 67.7 Å². The molecule has 7 nitrogen and oxygen atoms in total. The Bertz CT molecular complexity index is 1370. The predicted octanol–water partition coefficient (Wildman–Crippen LogP) is 5.42. The van der Waals surface area contributed by atoms with E-state index in [0.29, 0.717) is 45.0 Å². The second-order valence-corrected chi connectivity index (χ2v) is 9.24. The van der Waals surface area contributed by atoms with Crippen LogP contribution in [-0.2, 0) is 16.0 Å². The van der Waals surface area contributed by atoms with Gasteiger partial charge in [0, 0.05) is 11.4 Å². The Morgan fingerprint density at radius 2 is 1.86 bits per heavy atom. The van der Waals surface area contributed by atoms with Crippen molar-refractivity contribution in [1.29, 1.82) is 0 Å². The number of urea groups is 1. The van der Waals surface area contributed by atoms with Gasteiger partial charge in [0.2, 0.25) is 0 Å². The molecule has 0 unspecified atom stereocenters. The van der Waals surface area contributed by atoms with E-state index in [1.165, 1.54) is 0 Å². The molecule has 0 saturated carbocycles. The maximum absolute atomic E-state index is 13.2. The molecule has 0 atom stereocenters. The van der Waals surface area contributed by atoms with Crippen molar-refractivity contribution in [3.05, 3.63) is 74.9 Å². The third-order valence-electron chi connectivity index (χ3n) is 5.44. The summed E-state index contributed by atoms with van der Waals surface area (Å²) in [5, 5.41) is 6.25. The van der Waals surface area contributed by atoms with Crippen LogP contribution in [0.25, 0.3) is 22.6 Å². The Labute approximate surface area is 212 Å². The van der Waals surface area contributed by atoms with Gasteiger partial charge in [-0.2, -0.15) is 0 Å². The van der Waals surface area contributed by atoms with Crippen LogP contribution in [-0.4, -0.2) is 35.5 Å². The molecule has 0 aliphatic heterocycles. The molecule has 0 fully saturated rings. The van der Waals surface area contributed by atoms with Gasteiger partial charge in [-0.1, -0.05) is 47.5 Å². The second kappa shape index (κ2) is 10.5. The molecular formula is C26H23Cl2N3O4. The summed E-state index contributed by atoms with van der Waals surface area (Å²) in [7, 11) is 0. The van der Waals surface area contributed by atoms with E-state index in [4.69, 9.17) is 32.9 Å². The number of aromatic nitrogens is 1. The zero-order valence-electron chi connectivity index (χ0n) is 19.2. The summed E-state index contributed by atoms with van der Waals surface area (Å²) < 4.78 is 5.30. The normalized spacial score (nSPS) is 13.7. The van der Waals surface area contributed by atoms with Crippen LogP contribution in [0.3, 0.4) is 0 Å². The lowest BCUT2D eigenvalue weighted by Gasteiger charge is -2.13. The fourth-order valence-corrected chi connectivity index (χ4v) is 4.29. The molecule has 1 heterocycles. The van der Waals surface area contributed by atoms with Crippen LogP contribution in [0.15, 0.2) is 42.5 Å². The van der Waals surface area contributed by atoms with E-state index in [1.54, 1.807) is 32.0 Å². The number of pyridine rings is 1. The molecule has 0 radical (unpaired) electrons. The molecule has 35 heavy (non-hydrogen) atoms. The Kier molecular flexibility index (Phi) is 7.38. The fraction of sp³-hybridized carbons (Fsp3) is 0.231. The highest BCUT2D eigenvalue weighted by Crippen LogP contribution is 2.38. The molecule has 1 aliphatic carbocycles. The van der Waals surface area contributed by atoms with Crippen LogP contribution in [0.4, 0.5) is 4.79 Å². The van der Waals surface area contributed by atoms with Crippen molar-refractivity contribution in [2.75, 3.05) is 6.61 Å². The van der Waals surface area contributed by atoms with Gasteiger partial charge < -0.3 is 10.1 Å². The molecule has 2 aromatic carbocycles. The first-order valence-corrected chi connectivity index (χ1v) is 11.8. The smallest absolute Gasteiger partial charge is 0.339 e. The molecule has 0 saturated heterocycles. The van der Waals surface area contributed by atoms with Crippen molar-refractivity contribution in [2.24, 2.45) is 0 Å². The van der Waals surface area contributed by atoms with E-state index in [2.05, 4.69) is 10.6 Å². The summed E-state index contributed by atoms with van der Waals surface area (Å²) in [4.78, 5) is 41.8. The number of para-hydroxylation sites is 1. The van der Waals surface area contributed by atoms with E-state index in [0.717, 1.165) is 16.7 Å². The van der Waals surface area contributed by atoms with Crippen molar-refractivity contribution < 1.29 is 19.1 Å². The topological polar surface area (TPSA) is 97.4 Å². The highest BCUT2D eigenvalue weighted by Gasteiger charge is 2.28. The monoisotopic (exact) mass is 511 g/mol. The zero-order valence-corrected chi connectivity index (χ0v) is 20.7. The number of carbonyl (C=O) groups excluding carboxylic acids is 3. The molecular weight excluding hydrogens is 489 g/mol. The largest absolute Gasteiger partial charge is 0.452 e. The van der Waals surface area contributed by atoms with Crippen molar-refractivity contribution in [3.8, 4) is 0 Å². The van der Waals surface area contributed by atoms with Gasteiger partial charge >= 0.3 is 12.0 Å². The van der Waals surface area contributed by atoms with Crippen LogP contribution < -0.4 is 10.6 Å². The Balaban J connectivity index is 1.63. The van der Waals surface area contributed by atoms with Gasteiger partial charge in [0.25, 0.3) is 5.91 Å². The minimum Gasteiger partial charge on any atom is -0.452 e. The zero-order chi connectivity index (χ0) is 25.1. The lowest BCUT2D eigenvalue weighted by atomic mass is 10.0. The molecule has 0 spiro atoms. The van der Waals surface area contributed by atoms with Crippen LogP contribution in [0, 0.1) is 0 Å². The van der Waals surface area contributed by atoms with Crippen LogP contribution in [0.1, 0.15) is 47.4 Å². The summed E-state index contributed by atoms with van der Waals surface area (Å²) in [6.45, 7) is 2.95. The number of imide groups is 1. The Morgan fingerprint density at radius 3 is 2.60 bits per heavy atom. The Morgan fingerprint density at radius 1 is 1.09 bits per heavy atom. The van der Waals surface area contributed by atoms with Crippen molar-refractivity contribution in [1.82, 2.24) is 15.6 Å². The molecule has 1 aromatic heterocycles. The fourth-order valence-electron chi connectivity index (χ4n) is 3.98. The van der Waals surface area contributed by atoms with Crippen LogP contribution in [0.2, 0.25) is 10.0 Å². The van der Waals surface area contributed by atoms with Gasteiger partial charge in [-0.25, -0.2) is 14.6 Å². The number of nitrogens with zero attached hydrogens (tertiary/aromatic N) is 1. The van der Waals surface area contributed by atoms with Gasteiger partial charge in [-0.15, -0.1) is 0 Å². The minimum absolute atomic E-state index is 0.137. The molecule has 3 aromatic rings. The summed E-state index contributed by atoms with van der Waals surface area (Å²) >= 11 is 12.2. The van der Waals surface area contributed by atoms with Gasteiger partial charge in [0.15, 0.2) is 6.61 Å². The summed E-state index contributed by atoms with van der Waals surface area (Å²) in [5.41, 5.74) is 4.32. The summed E-state index contributed by atoms with van der Waals surface area (Å²) in [6, 6.07) is 11.9. The molecule has 3 amide bonds. The lowest BCUT2D eigenvalue weighted by Crippen LogP contribution is -2.44. The number of halogens is 2. The Hall–Kier alpha value is -3.42. The van der Waals surface area contributed by atoms with Crippen molar-refractivity contribution >= 4 is 63.7 Å². The molecule has 0 bridgehead atoms. The predicted molar refractivity (Wildman–Crippen MR) is 136 cm³/mol. The number of rotatable bonds is 5. The molecule has 1 aliphatic rings. The first kappa shape index (κ1) is 24.7. The maximum Gasteiger partial charge on any atom is 0.339 e. The van der Waals surface area contributed by atoms with E-state index < -0.39 is 24.5 Å². The third kappa shape index (κ3) is 5.63. The highest BCUT2D eigenvalue weighted by atomic mass is 35.5. The van der Waals surface area contributed by atoms with Crippen molar-refractivity contribution in [3.63, 3.8) is 0 Å². The SMILES string of the molecule is CC(C)NC(=O)NC(=O)COC(=O)c1c2c(nc3ccccc13)/C(=C\c1ccc(Cl)c(Cl)c1)CC2. The maximum atomic E-state index is 13.2. The van der Waals surface area contributed by atoms with E-state index in [9.17, 15) is 14.4 Å². The van der Waals surface area contributed by atoms with Crippen LogP contribution in [0.5, 0.6) is 0 Å². The number of fused-ring (bicyclic) bond motifs is 2. The molecule has 2 N–H and O–H groups in total. The first-order valence-electron chi connectivity index (χ1n) is 11.1. The van der Waals surface area contributed by atoms with E-state index in [1.807, 2.05) is 30.3 Å². The average Bonchev–Trinajstić information content (AvgIpc) is 3.19. The minimum atomic E-state index is -0.716. The lowest BCUT2D eigenvalue weighted by molar-refractivity contribution is -0.123. The second-order valence-electron chi connectivity index (χ2n) is 8.43. The first-order chi connectivity index (χ1) is 16.7. The number of carbonyl (C=O) groups is 3. The number of nitrogens with one attached hydrogen (secondary N) is 2. The van der Waals surface area contributed by atoms with Gasteiger partial charge in [0.05, 0.1) is 26.8 Å². The number of esters is 1. The number of ether oxygens (including phenoxy) is 1. The number of allylic oxidation sites excluding steroid dienone is 1. The van der Waals surface area contributed by atoms with E-state index in [-0.39, 0.29) is 6.04 Å². The molecule has 9 heteroatoms. The molecule has 180 valence electrons. The summed E-state index contributed by atoms with van der Waals surface area (Å²) in [5.74, 6) is -1.36. The summed E-state index contributed by atoms with van der Waals surface area (Å²) in [6.07, 6.45) is 3.24. The quantitative estimate of drug-likeness (QED) is 0.445. The number of amides is 3.